The summed E-state index contributed by atoms with van der Waals surface area (Å²) in [6, 6.07) is 3.52. The van der Waals surface area contributed by atoms with Crippen LogP contribution in [-0.2, 0) is 17.6 Å². The Morgan fingerprint density at radius 1 is 1.50 bits per heavy atom. The van der Waals surface area contributed by atoms with Crippen LogP contribution in [0.3, 0.4) is 0 Å². The van der Waals surface area contributed by atoms with Crippen LogP contribution in [0, 0.1) is 5.92 Å². The monoisotopic (exact) mass is 222 g/mol. The molecule has 0 bridgehead atoms. The summed E-state index contributed by atoms with van der Waals surface area (Å²) < 4.78 is 5.02. The van der Waals surface area contributed by atoms with Crippen LogP contribution in [0.15, 0.2) is 12.1 Å². The summed E-state index contributed by atoms with van der Waals surface area (Å²) >= 11 is 0. The van der Waals surface area contributed by atoms with Crippen LogP contribution in [0.1, 0.15) is 17.5 Å². The molecule has 86 valence electrons. The van der Waals surface area contributed by atoms with E-state index in [1.807, 2.05) is 6.07 Å². The van der Waals surface area contributed by atoms with Crippen LogP contribution in [0.4, 0.5) is 0 Å². The number of carboxylic acids is 1. The molecule has 0 aromatic heterocycles. The molecule has 0 saturated carbocycles. The minimum Gasteiger partial charge on any atom is -0.504 e. The zero-order valence-corrected chi connectivity index (χ0v) is 9.06. The average molecular weight is 222 g/mol. The van der Waals surface area contributed by atoms with E-state index in [2.05, 4.69) is 0 Å². The molecular weight excluding hydrogens is 208 g/mol. The number of benzene rings is 1. The molecular formula is C12H14O4. The van der Waals surface area contributed by atoms with E-state index in [1.54, 1.807) is 6.07 Å². The van der Waals surface area contributed by atoms with Gasteiger partial charge in [0.15, 0.2) is 11.5 Å². The Labute approximate surface area is 93.5 Å². The fourth-order valence-electron chi connectivity index (χ4n) is 2.19. The molecule has 16 heavy (non-hydrogen) atoms. The van der Waals surface area contributed by atoms with Crippen molar-refractivity contribution in [2.24, 2.45) is 5.92 Å². The number of carbonyl (C=O) groups is 1. The molecule has 1 aromatic carbocycles. The molecule has 0 radical (unpaired) electrons. The molecule has 1 aliphatic carbocycles. The minimum absolute atomic E-state index is 0.156. The van der Waals surface area contributed by atoms with E-state index in [-0.39, 0.29) is 11.7 Å². The van der Waals surface area contributed by atoms with Crippen LogP contribution in [0.5, 0.6) is 11.5 Å². The molecule has 1 atom stereocenters. The first kappa shape index (κ1) is 10.8. The van der Waals surface area contributed by atoms with Gasteiger partial charge in [-0.05, 0) is 30.9 Å². The van der Waals surface area contributed by atoms with E-state index >= 15 is 0 Å². The summed E-state index contributed by atoms with van der Waals surface area (Å²) in [7, 11) is 1.50. The van der Waals surface area contributed by atoms with E-state index in [1.165, 1.54) is 7.11 Å². The number of aliphatic carboxylic acids is 1. The number of aromatic hydroxyl groups is 1. The maximum atomic E-state index is 10.9. The summed E-state index contributed by atoms with van der Waals surface area (Å²) in [5, 5.41) is 18.8. The van der Waals surface area contributed by atoms with Gasteiger partial charge >= 0.3 is 5.97 Å². The van der Waals surface area contributed by atoms with Gasteiger partial charge in [-0.2, -0.15) is 0 Å². The Balaban J connectivity index is 2.35. The van der Waals surface area contributed by atoms with Gasteiger partial charge in [-0.15, -0.1) is 0 Å². The average Bonchev–Trinajstić information content (AvgIpc) is 2.29. The Kier molecular flexibility index (Phi) is 2.73. The zero-order valence-electron chi connectivity index (χ0n) is 9.06. The van der Waals surface area contributed by atoms with Crippen molar-refractivity contribution in [3.05, 3.63) is 23.3 Å². The van der Waals surface area contributed by atoms with E-state index in [0.717, 1.165) is 11.1 Å². The van der Waals surface area contributed by atoms with Crippen molar-refractivity contribution < 1.29 is 19.7 Å². The van der Waals surface area contributed by atoms with Crippen LogP contribution >= 0.6 is 0 Å². The quantitative estimate of drug-likeness (QED) is 0.797. The second-order valence-electron chi connectivity index (χ2n) is 4.03. The highest BCUT2D eigenvalue weighted by atomic mass is 16.5. The number of hydrogen-bond donors (Lipinski definition) is 2. The Morgan fingerprint density at radius 3 is 2.88 bits per heavy atom. The summed E-state index contributed by atoms with van der Waals surface area (Å²) in [6.45, 7) is 0. The smallest absolute Gasteiger partial charge is 0.306 e. The van der Waals surface area contributed by atoms with Crippen LogP contribution in [0.2, 0.25) is 0 Å². The van der Waals surface area contributed by atoms with Crippen LogP contribution in [0.25, 0.3) is 0 Å². The molecule has 1 aliphatic rings. The normalized spacial score (nSPS) is 18.9. The van der Waals surface area contributed by atoms with E-state index in [4.69, 9.17) is 9.84 Å². The molecule has 0 aliphatic heterocycles. The fourth-order valence-corrected chi connectivity index (χ4v) is 2.19. The molecule has 4 nitrogen and oxygen atoms in total. The van der Waals surface area contributed by atoms with Crippen molar-refractivity contribution in [2.45, 2.75) is 19.3 Å². The van der Waals surface area contributed by atoms with E-state index in [9.17, 15) is 9.90 Å². The predicted octanol–water partition coefficient (Wildman–Crippen LogP) is 1.59. The second-order valence-corrected chi connectivity index (χ2v) is 4.03. The molecule has 1 aromatic rings. The van der Waals surface area contributed by atoms with Crippen molar-refractivity contribution in [3.63, 3.8) is 0 Å². The van der Waals surface area contributed by atoms with Crippen molar-refractivity contribution in [1.82, 2.24) is 0 Å². The van der Waals surface area contributed by atoms with E-state index < -0.39 is 5.97 Å². The van der Waals surface area contributed by atoms with Gasteiger partial charge in [-0.3, -0.25) is 4.79 Å². The van der Waals surface area contributed by atoms with Gasteiger partial charge in [0, 0.05) is 5.56 Å². The Hall–Kier alpha value is -1.71. The molecule has 0 amide bonds. The number of hydrogen-bond acceptors (Lipinski definition) is 3. The lowest BCUT2D eigenvalue weighted by atomic mass is 9.83. The number of phenols is 1. The van der Waals surface area contributed by atoms with Gasteiger partial charge < -0.3 is 14.9 Å². The predicted molar refractivity (Wildman–Crippen MR) is 57.8 cm³/mol. The number of carboxylic acid groups (broad SMARTS) is 1. The molecule has 0 heterocycles. The topological polar surface area (TPSA) is 66.8 Å². The lowest BCUT2D eigenvalue weighted by molar-refractivity contribution is -0.142. The second kappa shape index (κ2) is 4.04. The van der Waals surface area contributed by atoms with Gasteiger partial charge in [0.25, 0.3) is 0 Å². The van der Waals surface area contributed by atoms with Gasteiger partial charge in [0.2, 0.25) is 0 Å². The lowest BCUT2D eigenvalue weighted by Crippen LogP contribution is -2.22. The number of phenolic OH excluding ortho intramolecular Hbond substituents is 1. The SMILES string of the molecule is COc1ccc2c(c1O)CCC(C(=O)O)C2. The highest BCUT2D eigenvalue weighted by molar-refractivity contribution is 5.71. The highest BCUT2D eigenvalue weighted by Crippen LogP contribution is 2.37. The van der Waals surface area contributed by atoms with Gasteiger partial charge in [-0.1, -0.05) is 6.07 Å². The minimum atomic E-state index is -0.763. The molecule has 0 fully saturated rings. The highest BCUT2D eigenvalue weighted by Gasteiger charge is 2.26. The number of ether oxygens (including phenoxy) is 1. The first-order valence-electron chi connectivity index (χ1n) is 5.24. The standard InChI is InChI=1S/C12H14O4/c1-16-10-5-3-7-6-8(12(14)15)2-4-9(7)11(10)13/h3,5,8,13H,2,4,6H2,1H3,(H,14,15). The largest absolute Gasteiger partial charge is 0.504 e. The third-order valence-corrected chi connectivity index (χ3v) is 3.12. The number of fused-ring (bicyclic) bond motifs is 1. The number of rotatable bonds is 2. The summed E-state index contributed by atoms with van der Waals surface area (Å²) in [5.41, 5.74) is 1.74. The first-order valence-corrected chi connectivity index (χ1v) is 5.24. The van der Waals surface area contributed by atoms with Gasteiger partial charge in [-0.25, -0.2) is 0 Å². The molecule has 0 saturated heterocycles. The Morgan fingerprint density at radius 2 is 2.25 bits per heavy atom. The Bertz CT molecular complexity index is 425. The summed E-state index contributed by atoms with van der Waals surface area (Å²) in [4.78, 5) is 10.9. The third kappa shape index (κ3) is 1.71. The van der Waals surface area contributed by atoms with Crippen LogP contribution < -0.4 is 4.74 Å². The maximum absolute atomic E-state index is 10.9. The van der Waals surface area contributed by atoms with Crippen molar-refractivity contribution >= 4 is 5.97 Å². The van der Waals surface area contributed by atoms with Gasteiger partial charge in [0.1, 0.15) is 0 Å². The van der Waals surface area contributed by atoms with Crippen molar-refractivity contribution in [3.8, 4) is 11.5 Å². The molecule has 2 rings (SSSR count). The molecule has 4 heteroatoms. The first-order chi connectivity index (χ1) is 7.63. The summed E-state index contributed by atoms with van der Waals surface area (Å²) in [5.74, 6) is -0.488. The lowest BCUT2D eigenvalue weighted by Gasteiger charge is -2.23. The zero-order chi connectivity index (χ0) is 11.7. The van der Waals surface area contributed by atoms with Gasteiger partial charge in [0.05, 0.1) is 13.0 Å². The molecule has 2 N–H and O–H groups in total. The third-order valence-electron chi connectivity index (χ3n) is 3.12. The molecule has 1 unspecified atom stereocenters. The summed E-state index contributed by atoms with van der Waals surface area (Å²) in [6.07, 6.45) is 1.65. The van der Waals surface area contributed by atoms with E-state index in [0.29, 0.717) is 25.0 Å². The van der Waals surface area contributed by atoms with Crippen molar-refractivity contribution in [2.75, 3.05) is 7.11 Å². The van der Waals surface area contributed by atoms with Crippen molar-refractivity contribution in [1.29, 1.82) is 0 Å². The maximum Gasteiger partial charge on any atom is 0.306 e. The number of methoxy groups -OCH3 is 1. The molecule has 0 spiro atoms. The van der Waals surface area contributed by atoms with Crippen LogP contribution in [-0.4, -0.2) is 23.3 Å². The fraction of sp³-hybridized carbons (Fsp3) is 0.417.